The van der Waals surface area contributed by atoms with Crippen LogP contribution in [-0.2, 0) is 16.1 Å². The highest BCUT2D eigenvalue weighted by molar-refractivity contribution is 5.86. The quantitative estimate of drug-likeness (QED) is 0.786. The third-order valence-electron chi connectivity index (χ3n) is 2.80. The van der Waals surface area contributed by atoms with E-state index in [1.54, 1.807) is 19.2 Å². The summed E-state index contributed by atoms with van der Waals surface area (Å²) < 4.78 is 12.7. The third-order valence-corrected chi connectivity index (χ3v) is 2.80. The van der Waals surface area contributed by atoms with Crippen molar-refractivity contribution in [3.8, 4) is 0 Å². The van der Waals surface area contributed by atoms with Crippen molar-refractivity contribution in [3.05, 3.63) is 35.6 Å². The number of amides is 2. The van der Waals surface area contributed by atoms with E-state index in [0.717, 1.165) is 5.56 Å². The fraction of sp³-hybridized carbons (Fsp3) is 0.429. The van der Waals surface area contributed by atoms with E-state index in [2.05, 4.69) is 10.6 Å². The van der Waals surface area contributed by atoms with Crippen molar-refractivity contribution in [1.29, 1.82) is 0 Å². The van der Waals surface area contributed by atoms with Crippen LogP contribution in [0.4, 0.5) is 4.39 Å². The van der Waals surface area contributed by atoms with Crippen molar-refractivity contribution in [1.82, 2.24) is 15.5 Å². The van der Waals surface area contributed by atoms with Crippen LogP contribution in [0.15, 0.2) is 24.3 Å². The van der Waals surface area contributed by atoms with Gasteiger partial charge in [0, 0.05) is 13.1 Å². The second kappa shape index (κ2) is 10.1. The van der Waals surface area contributed by atoms with Gasteiger partial charge in [0.2, 0.25) is 11.8 Å². The zero-order chi connectivity index (χ0) is 15.0. The first kappa shape index (κ1) is 19.3. The van der Waals surface area contributed by atoms with Gasteiger partial charge >= 0.3 is 0 Å². The molecule has 5 nitrogen and oxygen atoms in total. The molecule has 0 aliphatic rings. The van der Waals surface area contributed by atoms with Gasteiger partial charge in [-0.25, -0.2) is 4.39 Å². The first-order valence-electron chi connectivity index (χ1n) is 6.50. The molecule has 0 fully saturated rings. The molecule has 0 bridgehead atoms. The SMILES string of the molecule is CCN(CC(=O)NCc1ccc(F)cc1)C(=O)CNC.Cl. The van der Waals surface area contributed by atoms with Gasteiger partial charge in [0.05, 0.1) is 13.1 Å². The molecule has 0 heterocycles. The zero-order valence-corrected chi connectivity index (χ0v) is 13.0. The number of carbonyl (C=O) groups is 2. The molecule has 118 valence electrons. The monoisotopic (exact) mass is 317 g/mol. The molecule has 0 aromatic heterocycles. The van der Waals surface area contributed by atoms with Gasteiger partial charge in [-0.15, -0.1) is 12.4 Å². The summed E-state index contributed by atoms with van der Waals surface area (Å²) in [4.78, 5) is 24.9. The highest BCUT2D eigenvalue weighted by atomic mass is 35.5. The van der Waals surface area contributed by atoms with Gasteiger partial charge in [-0.3, -0.25) is 9.59 Å². The Hall–Kier alpha value is -1.66. The molecule has 0 saturated carbocycles. The molecule has 0 saturated heterocycles. The number of hydrogen-bond donors (Lipinski definition) is 2. The Morgan fingerprint density at radius 3 is 2.38 bits per heavy atom. The number of benzene rings is 1. The summed E-state index contributed by atoms with van der Waals surface area (Å²) in [6.45, 7) is 2.85. The Bertz CT molecular complexity index is 454. The van der Waals surface area contributed by atoms with E-state index >= 15 is 0 Å². The van der Waals surface area contributed by atoms with Crippen LogP contribution in [-0.4, -0.2) is 43.4 Å². The van der Waals surface area contributed by atoms with E-state index < -0.39 is 0 Å². The Kier molecular flexibility index (Phi) is 9.32. The molecule has 0 unspecified atom stereocenters. The maximum Gasteiger partial charge on any atom is 0.239 e. The molecule has 0 spiro atoms. The summed E-state index contributed by atoms with van der Waals surface area (Å²) >= 11 is 0. The molecule has 2 N–H and O–H groups in total. The van der Waals surface area contributed by atoms with Crippen LogP contribution in [0.1, 0.15) is 12.5 Å². The number of nitrogens with one attached hydrogen (secondary N) is 2. The molecule has 21 heavy (non-hydrogen) atoms. The maximum absolute atomic E-state index is 12.7. The van der Waals surface area contributed by atoms with Crippen molar-refractivity contribution in [2.24, 2.45) is 0 Å². The minimum atomic E-state index is -0.310. The number of likely N-dealkylation sites (N-methyl/N-ethyl adjacent to an activating group) is 2. The Labute approximate surface area is 130 Å². The van der Waals surface area contributed by atoms with Crippen molar-refractivity contribution >= 4 is 24.2 Å². The van der Waals surface area contributed by atoms with Crippen LogP contribution in [0.3, 0.4) is 0 Å². The predicted octanol–water partition coefficient (Wildman–Crippen LogP) is 0.932. The van der Waals surface area contributed by atoms with Gasteiger partial charge in [0.25, 0.3) is 0 Å². The van der Waals surface area contributed by atoms with Crippen LogP contribution in [0, 0.1) is 5.82 Å². The molecule has 1 rings (SSSR count). The Balaban J connectivity index is 0.00000400. The van der Waals surface area contributed by atoms with Gasteiger partial charge in [0.1, 0.15) is 5.82 Å². The number of hydrogen-bond acceptors (Lipinski definition) is 3. The molecule has 1 aromatic carbocycles. The highest BCUT2D eigenvalue weighted by Gasteiger charge is 2.14. The standard InChI is InChI=1S/C14H20FN3O2.ClH/c1-3-18(14(20)9-16-2)10-13(19)17-8-11-4-6-12(15)7-5-11;/h4-7,16H,3,8-10H2,1-2H3,(H,17,19);1H. The maximum atomic E-state index is 12.7. The van der Waals surface area contributed by atoms with Crippen molar-refractivity contribution in [3.63, 3.8) is 0 Å². The fourth-order valence-corrected chi connectivity index (χ4v) is 1.67. The smallest absolute Gasteiger partial charge is 0.239 e. The van der Waals surface area contributed by atoms with Gasteiger partial charge in [-0.05, 0) is 31.7 Å². The first-order valence-corrected chi connectivity index (χ1v) is 6.50. The Morgan fingerprint density at radius 2 is 1.86 bits per heavy atom. The fourth-order valence-electron chi connectivity index (χ4n) is 1.67. The minimum absolute atomic E-state index is 0. The summed E-state index contributed by atoms with van der Waals surface area (Å²) in [5.74, 6) is -0.664. The van der Waals surface area contributed by atoms with E-state index in [-0.39, 0.29) is 43.1 Å². The summed E-state index contributed by atoms with van der Waals surface area (Å²) in [5.41, 5.74) is 0.810. The lowest BCUT2D eigenvalue weighted by molar-refractivity contribution is -0.135. The van der Waals surface area contributed by atoms with Crippen molar-refractivity contribution in [2.45, 2.75) is 13.5 Å². The van der Waals surface area contributed by atoms with Crippen LogP contribution < -0.4 is 10.6 Å². The lowest BCUT2D eigenvalue weighted by Crippen LogP contribution is -2.43. The molecular formula is C14H21ClFN3O2. The van der Waals surface area contributed by atoms with Crippen molar-refractivity contribution < 1.29 is 14.0 Å². The second-order valence-electron chi connectivity index (χ2n) is 4.34. The Morgan fingerprint density at radius 1 is 1.24 bits per heavy atom. The number of carbonyl (C=O) groups excluding carboxylic acids is 2. The van der Waals surface area contributed by atoms with Gasteiger partial charge in [-0.2, -0.15) is 0 Å². The summed E-state index contributed by atoms with van der Waals surface area (Å²) in [6.07, 6.45) is 0. The highest BCUT2D eigenvalue weighted by Crippen LogP contribution is 2.02. The first-order chi connectivity index (χ1) is 9.56. The summed E-state index contributed by atoms with van der Waals surface area (Å²) in [5, 5.41) is 5.46. The molecule has 0 radical (unpaired) electrons. The van der Waals surface area contributed by atoms with Gasteiger partial charge in [0.15, 0.2) is 0 Å². The molecule has 2 amide bonds. The molecule has 0 aliphatic carbocycles. The van der Waals surface area contributed by atoms with E-state index in [9.17, 15) is 14.0 Å². The molecule has 0 aliphatic heterocycles. The van der Waals surface area contributed by atoms with E-state index in [1.165, 1.54) is 17.0 Å². The zero-order valence-electron chi connectivity index (χ0n) is 12.2. The minimum Gasteiger partial charge on any atom is -0.350 e. The van der Waals surface area contributed by atoms with E-state index in [0.29, 0.717) is 13.1 Å². The largest absolute Gasteiger partial charge is 0.350 e. The lowest BCUT2D eigenvalue weighted by Gasteiger charge is -2.20. The van der Waals surface area contributed by atoms with Crippen molar-refractivity contribution in [2.75, 3.05) is 26.7 Å². The average molecular weight is 318 g/mol. The average Bonchev–Trinajstić information content (AvgIpc) is 2.44. The topological polar surface area (TPSA) is 61.4 Å². The molecule has 0 atom stereocenters. The second-order valence-corrected chi connectivity index (χ2v) is 4.34. The van der Waals surface area contributed by atoms with Crippen LogP contribution in [0.5, 0.6) is 0 Å². The predicted molar refractivity (Wildman–Crippen MR) is 81.7 cm³/mol. The number of nitrogens with zero attached hydrogens (tertiary/aromatic N) is 1. The number of rotatable bonds is 7. The lowest BCUT2D eigenvalue weighted by atomic mass is 10.2. The third kappa shape index (κ3) is 7.06. The molecule has 1 aromatic rings. The normalized spacial score (nSPS) is 9.67. The van der Waals surface area contributed by atoms with E-state index in [4.69, 9.17) is 0 Å². The molecular weight excluding hydrogens is 297 g/mol. The molecule has 7 heteroatoms. The number of halogens is 2. The summed E-state index contributed by atoms with van der Waals surface area (Å²) in [6, 6.07) is 5.91. The van der Waals surface area contributed by atoms with Gasteiger partial charge in [-0.1, -0.05) is 12.1 Å². The van der Waals surface area contributed by atoms with Crippen LogP contribution >= 0.6 is 12.4 Å². The van der Waals surface area contributed by atoms with Gasteiger partial charge < -0.3 is 15.5 Å². The van der Waals surface area contributed by atoms with Crippen LogP contribution in [0.25, 0.3) is 0 Å². The van der Waals surface area contributed by atoms with Crippen LogP contribution in [0.2, 0.25) is 0 Å². The summed E-state index contributed by atoms with van der Waals surface area (Å²) in [7, 11) is 1.68. The van der Waals surface area contributed by atoms with E-state index in [1.807, 2.05) is 6.92 Å².